The number of pyridine rings is 1. The summed E-state index contributed by atoms with van der Waals surface area (Å²) < 4.78 is 27.9. The number of benzene rings is 2. The van der Waals surface area contributed by atoms with Crippen molar-refractivity contribution in [2.24, 2.45) is 5.41 Å². The number of halogens is 1. The number of aromatic amines is 1. The van der Waals surface area contributed by atoms with E-state index < -0.39 is 10.0 Å². The Kier molecular flexibility index (Phi) is 7.72. The van der Waals surface area contributed by atoms with Gasteiger partial charge in [0.05, 0.1) is 28.2 Å². The van der Waals surface area contributed by atoms with Crippen LogP contribution >= 0.6 is 11.6 Å². The lowest BCUT2D eigenvalue weighted by atomic mass is 9.71. The Balaban J connectivity index is 1.13. The number of anilines is 1. The summed E-state index contributed by atoms with van der Waals surface area (Å²) in [5.41, 5.74) is 3.90. The van der Waals surface area contributed by atoms with Gasteiger partial charge in [0.2, 0.25) is 10.0 Å². The van der Waals surface area contributed by atoms with Gasteiger partial charge in [0.15, 0.2) is 0 Å². The summed E-state index contributed by atoms with van der Waals surface area (Å²) in [5.74, 6) is 0.437. The Morgan fingerprint density at radius 2 is 1.67 bits per heavy atom. The molecule has 4 aromatic rings. The number of aryl methyl sites for hydroxylation is 1. The molecule has 0 radical (unpaired) electrons. The molecule has 1 spiro atoms. The van der Waals surface area contributed by atoms with Crippen molar-refractivity contribution in [2.45, 2.75) is 44.0 Å². The highest BCUT2D eigenvalue weighted by Gasteiger charge is 2.39. The van der Waals surface area contributed by atoms with Crippen LogP contribution in [0.5, 0.6) is 0 Å². The third-order valence-corrected chi connectivity index (χ3v) is 11.4. The summed E-state index contributed by atoms with van der Waals surface area (Å²) >= 11 is 6.26. The van der Waals surface area contributed by atoms with Crippen molar-refractivity contribution in [3.05, 3.63) is 82.9 Å². The van der Waals surface area contributed by atoms with Crippen molar-refractivity contribution in [3.63, 3.8) is 0 Å². The summed E-state index contributed by atoms with van der Waals surface area (Å²) in [6.07, 6.45) is 7.93. The van der Waals surface area contributed by atoms with Crippen molar-refractivity contribution in [1.29, 1.82) is 0 Å². The Hall–Kier alpha value is -3.47. The van der Waals surface area contributed by atoms with E-state index >= 15 is 0 Å². The smallest absolute Gasteiger partial charge is 0.256 e. The van der Waals surface area contributed by atoms with Crippen LogP contribution in [-0.4, -0.2) is 71.7 Å². The van der Waals surface area contributed by atoms with Crippen LogP contribution in [0.15, 0.2) is 65.8 Å². The van der Waals surface area contributed by atoms with Crippen LogP contribution in [0.3, 0.4) is 0 Å². The first-order valence-electron chi connectivity index (χ1n) is 14.3. The number of sulfonamides is 1. The van der Waals surface area contributed by atoms with E-state index in [1.54, 1.807) is 25.1 Å². The zero-order valence-electron chi connectivity index (χ0n) is 23.9. The topological polar surface area (TPSA) is 102 Å². The minimum atomic E-state index is -3.85. The van der Waals surface area contributed by atoms with E-state index in [9.17, 15) is 13.2 Å². The number of aromatic nitrogens is 3. The molecule has 0 bridgehead atoms. The van der Waals surface area contributed by atoms with Gasteiger partial charge in [-0.05, 0) is 73.9 Å². The first kappa shape index (κ1) is 28.6. The van der Waals surface area contributed by atoms with Crippen LogP contribution in [0.1, 0.15) is 47.4 Å². The van der Waals surface area contributed by atoms with Gasteiger partial charge in [-0.15, -0.1) is 0 Å². The molecule has 0 atom stereocenters. The average Bonchev–Trinajstić information content (AvgIpc) is 3.40. The molecule has 9 nitrogen and oxygen atoms in total. The van der Waals surface area contributed by atoms with Crippen molar-refractivity contribution in [1.82, 2.24) is 24.2 Å². The van der Waals surface area contributed by atoms with Crippen LogP contribution < -0.4 is 4.90 Å². The van der Waals surface area contributed by atoms with Crippen LogP contribution in [-0.2, 0) is 16.6 Å². The summed E-state index contributed by atoms with van der Waals surface area (Å²) in [5, 5.41) is 0.182. The van der Waals surface area contributed by atoms with Gasteiger partial charge in [0.1, 0.15) is 10.7 Å². The molecule has 2 aliphatic rings. The zero-order valence-corrected chi connectivity index (χ0v) is 25.5. The fourth-order valence-electron chi connectivity index (χ4n) is 6.38. The van der Waals surface area contributed by atoms with Crippen molar-refractivity contribution >= 4 is 44.3 Å². The highest BCUT2D eigenvalue weighted by Crippen LogP contribution is 2.42. The molecule has 220 valence electrons. The maximum atomic E-state index is 13.7. The van der Waals surface area contributed by atoms with Crippen molar-refractivity contribution < 1.29 is 13.2 Å². The molecule has 2 aliphatic heterocycles. The number of para-hydroxylation sites is 1. The molecule has 2 aromatic carbocycles. The van der Waals surface area contributed by atoms with E-state index in [1.807, 2.05) is 35.5 Å². The molecule has 2 aromatic heterocycles. The average molecular weight is 607 g/mol. The normalized spacial score (nSPS) is 17.3. The number of nitrogens with zero attached hydrogens (tertiary/aromatic N) is 5. The van der Waals surface area contributed by atoms with Gasteiger partial charge in [0.25, 0.3) is 5.91 Å². The molecule has 0 aliphatic carbocycles. The molecule has 2 saturated heterocycles. The third kappa shape index (κ3) is 5.39. The SMILES string of the molecule is Cc1cccc(Cl)c1S(=O)(=O)N(C)Cc1nc2cccc(C(=O)N3CCC4(CC3)CCN(c3ccncc3)CC4)c2[nH]1. The molecule has 4 heterocycles. The van der Waals surface area contributed by atoms with Crippen molar-refractivity contribution in [3.8, 4) is 0 Å². The number of nitrogens with one attached hydrogen (secondary N) is 1. The second-order valence-electron chi connectivity index (χ2n) is 11.5. The second kappa shape index (κ2) is 11.3. The zero-order chi connectivity index (χ0) is 29.5. The molecule has 42 heavy (non-hydrogen) atoms. The monoisotopic (exact) mass is 606 g/mol. The summed E-state index contributed by atoms with van der Waals surface area (Å²) in [4.78, 5) is 30.2. The van der Waals surface area contributed by atoms with E-state index in [1.165, 1.54) is 17.0 Å². The maximum absolute atomic E-state index is 13.7. The van der Waals surface area contributed by atoms with Gasteiger partial charge in [-0.3, -0.25) is 9.78 Å². The summed E-state index contributed by atoms with van der Waals surface area (Å²) in [6.45, 7) is 5.23. The number of H-pyrrole nitrogens is 1. The van der Waals surface area contributed by atoms with E-state index in [4.69, 9.17) is 11.6 Å². The largest absolute Gasteiger partial charge is 0.371 e. The van der Waals surface area contributed by atoms with E-state index in [0.717, 1.165) is 51.9 Å². The minimum absolute atomic E-state index is 0.0120. The molecule has 6 rings (SSSR count). The van der Waals surface area contributed by atoms with Gasteiger partial charge in [0, 0.05) is 51.3 Å². The van der Waals surface area contributed by atoms with Gasteiger partial charge in [-0.2, -0.15) is 4.31 Å². The van der Waals surface area contributed by atoms with Crippen LogP contribution in [0, 0.1) is 12.3 Å². The fourth-order valence-corrected chi connectivity index (χ4v) is 8.29. The quantitative estimate of drug-likeness (QED) is 0.321. The number of hydrogen-bond acceptors (Lipinski definition) is 6. The number of fused-ring (bicyclic) bond motifs is 1. The predicted molar refractivity (Wildman–Crippen MR) is 164 cm³/mol. The molecule has 1 N–H and O–H groups in total. The predicted octanol–water partition coefficient (Wildman–Crippen LogP) is 5.26. The number of imidazole rings is 1. The highest BCUT2D eigenvalue weighted by atomic mass is 35.5. The summed E-state index contributed by atoms with van der Waals surface area (Å²) in [6, 6.07) is 14.6. The molecular weight excluding hydrogens is 572 g/mol. The number of hydrogen-bond donors (Lipinski definition) is 1. The van der Waals surface area contributed by atoms with E-state index in [0.29, 0.717) is 28.0 Å². The number of piperidine rings is 2. The first-order valence-corrected chi connectivity index (χ1v) is 16.1. The summed E-state index contributed by atoms with van der Waals surface area (Å²) in [7, 11) is -2.35. The Morgan fingerprint density at radius 3 is 2.36 bits per heavy atom. The fraction of sp³-hybridized carbons (Fsp3) is 0.387. The van der Waals surface area contributed by atoms with Crippen LogP contribution in [0.2, 0.25) is 5.02 Å². The number of amides is 1. The molecule has 2 fully saturated rings. The highest BCUT2D eigenvalue weighted by molar-refractivity contribution is 7.89. The molecule has 0 saturated carbocycles. The van der Waals surface area contributed by atoms with Gasteiger partial charge >= 0.3 is 0 Å². The Bertz CT molecular complexity index is 1690. The van der Waals surface area contributed by atoms with E-state index in [2.05, 4.69) is 32.0 Å². The number of carbonyl (C=O) groups excluding carboxylic acids is 1. The number of carbonyl (C=O) groups is 1. The van der Waals surface area contributed by atoms with E-state index in [-0.39, 0.29) is 27.8 Å². The van der Waals surface area contributed by atoms with Crippen molar-refractivity contribution in [2.75, 3.05) is 38.1 Å². The third-order valence-electron chi connectivity index (χ3n) is 8.97. The van der Waals surface area contributed by atoms with Gasteiger partial charge in [-0.1, -0.05) is 29.8 Å². The first-order chi connectivity index (χ1) is 20.2. The lowest BCUT2D eigenvalue weighted by Gasteiger charge is -2.47. The molecule has 1 amide bonds. The van der Waals surface area contributed by atoms with Gasteiger partial charge < -0.3 is 14.8 Å². The lowest BCUT2D eigenvalue weighted by molar-refractivity contribution is 0.0516. The standard InChI is InChI=1S/C31H35ClN6O3S/c1-22-5-3-7-25(32)29(22)42(40,41)36(2)21-27-34-26-8-4-6-24(28(26)35-27)30(39)38-19-13-31(14-20-38)11-17-37(18-12-31)23-9-15-33-16-10-23/h3-10,15-16H,11-14,17-21H2,1-2H3,(H,34,35). The minimum Gasteiger partial charge on any atom is -0.371 e. The molecule has 11 heteroatoms. The molecular formula is C31H35ClN6O3S. The maximum Gasteiger partial charge on any atom is 0.256 e. The number of likely N-dealkylation sites (tertiary alicyclic amines) is 1. The Morgan fingerprint density at radius 1 is 1.00 bits per heavy atom. The molecule has 0 unspecified atom stereocenters. The van der Waals surface area contributed by atoms with Crippen LogP contribution in [0.4, 0.5) is 5.69 Å². The number of rotatable bonds is 6. The van der Waals surface area contributed by atoms with Gasteiger partial charge in [-0.25, -0.2) is 13.4 Å². The lowest BCUT2D eigenvalue weighted by Crippen LogP contribution is -2.48. The Labute approximate surface area is 251 Å². The van der Waals surface area contributed by atoms with Crippen LogP contribution in [0.25, 0.3) is 11.0 Å². The second-order valence-corrected chi connectivity index (χ2v) is 13.9.